The van der Waals surface area contributed by atoms with Crippen molar-refractivity contribution in [1.82, 2.24) is 19.5 Å². The first-order valence-corrected chi connectivity index (χ1v) is 22.5. The SMILES string of the molecule is CC.CC1(C)c2ccccc2-c2ccc(-c3cccc4c5ccc6ccccc6c5n(-c5cccc(-c6nc(-c7ccccc7)nc(-c7ccc8c(c7)oc7ccccc78)n6)c5)c34)cc21. The molecule has 0 radical (unpaired) electrons. The molecule has 0 unspecified atom stereocenters. The van der Waals surface area contributed by atoms with E-state index in [0.29, 0.717) is 17.5 Å². The van der Waals surface area contributed by atoms with Crippen LogP contribution < -0.4 is 0 Å². The van der Waals surface area contributed by atoms with Crippen molar-refractivity contribution < 1.29 is 4.42 Å². The number of fused-ring (bicyclic) bond motifs is 11. The Morgan fingerprint density at radius 3 is 1.82 bits per heavy atom. The van der Waals surface area contributed by atoms with Crippen LogP contribution in [0.15, 0.2) is 199 Å². The molecule has 0 N–H and O–H groups in total. The Labute approximate surface area is 377 Å². The van der Waals surface area contributed by atoms with Gasteiger partial charge in [0.2, 0.25) is 0 Å². The van der Waals surface area contributed by atoms with Gasteiger partial charge in [0.15, 0.2) is 17.5 Å². The van der Waals surface area contributed by atoms with E-state index in [1.54, 1.807) is 0 Å². The van der Waals surface area contributed by atoms with Crippen LogP contribution in [0.5, 0.6) is 0 Å². The zero-order chi connectivity index (χ0) is 43.8. The lowest BCUT2D eigenvalue weighted by atomic mass is 9.81. The summed E-state index contributed by atoms with van der Waals surface area (Å²) in [5.41, 5.74) is 15.3. The number of hydrogen-bond acceptors (Lipinski definition) is 4. The molecule has 0 atom stereocenters. The lowest BCUT2D eigenvalue weighted by Crippen LogP contribution is -2.14. The number of benzene rings is 9. The summed E-state index contributed by atoms with van der Waals surface area (Å²) in [5, 5.41) is 6.95. The second-order valence-electron chi connectivity index (χ2n) is 17.2. The highest BCUT2D eigenvalue weighted by molar-refractivity contribution is 6.21. The number of nitrogens with zero attached hydrogens (tertiary/aromatic N) is 4. The predicted molar refractivity (Wildman–Crippen MR) is 270 cm³/mol. The van der Waals surface area contributed by atoms with E-state index in [4.69, 9.17) is 19.4 Å². The molecule has 5 nitrogen and oxygen atoms in total. The summed E-state index contributed by atoms with van der Waals surface area (Å²) in [5.74, 6) is 1.78. The van der Waals surface area contributed by atoms with Crippen molar-refractivity contribution in [2.75, 3.05) is 0 Å². The van der Waals surface area contributed by atoms with Gasteiger partial charge in [-0.15, -0.1) is 0 Å². The van der Waals surface area contributed by atoms with E-state index in [2.05, 4.69) is 158 Å². The smallest absolute Gasteiger partial charge is 0.164 e. The number of hydrogen-bond donors (Lipinski definition) is 0. The Morgan fingerprint density at radius 2 is 0.969 bits per heavy atom. The molecular weight excluding hydrogens is 793 g/mol. The van der Waals surface area contributed by atoms with Crippen molar-refractivity contribution in [2.24, 2.45) is 0 Å². The van der Waals surface area contributed by atoms with Gasteiger partial charge in [0.1, 0.15) is 11.2 Å². The van der Waals surface area contributed by atoms with Gasteiger partial charge in [-0.05, 0) is 69.6 Å². The summed E-state index contributed by atoms with van der Waals surface area (Å²) in [6.07, 6.45) is 0. The summed E-state index contributed by atoms with van der Waals surface area (Å²) in [6.45, 7) is 8.70. The zero-order valence-electron chi connectivity index (χ0n) is 36.7. The van der Waals surface area contributed by atoms with E-state index in [1.165, 1.54) is 60.4 Å². The maximum Gasteiger partial charge on any atom is 0.164 e. The van der Waals surface area contributed by atoms with Crippen LogP contribution in [0.25, 0.3) is 117 Å². The van der Waals surface area contributed by atoms with E-state index >= 15 is 0 Å². The van der Waals surface area contributed by atoms with Crippen LogP contribution in [-0.4, -0.2) is 19.5 Å². The zero-order valence-corrected chi connectivity index (χ0v) is 36.7. The Bertz CT molecular complexity index is 3840. The van der Waals surface area contributed by atoms with Crippen LogP contribution >= 0.6 is 0 Å². The Hall–Kier alpha value is -8.15. The molecule has 0 bridgehead atoms. The first-order chi connectivity index (χ1) is 32.0. The summed E-state index contributed by atoms with van der Waals surface area (Å²) in [4.78, 5) is 15.5. The second-order valence-corrected chi connectivity index (χ2v) is 17.2. The van der Waals surface area contributed by atoms with E-state index in [1.807, 2.05) is 68.4 Å². The summed E-state index contributed by atoms with van der Waals surface area (Å²) in [6, 6.07) is 69.1. The third kappa shape index (κ3) is 6.03. The average molecular weight is 837 g/mol. The van der Waals surface area contributed by atoms with Gasteiger partial charge < -0.3 is 8.98 Å². The van der Waals surface area contributed by atoms with Crippen LogP contribution in [0, 0.1) is 0 Å². The third-order valence-corrected chi connectivity index (χ3v) is 13.2. The molecular formula is C60H44N4O. The van der Waals surface area contributed by atoms with E-state index in [-0.39, 0.29) is 5.41 Å². The van der Waals surface area contributed by atoms with E-state index in [9.17, 15) is 0 Å². The fourth-order valence-electron chi connectivity index (χ4n) is 10.2. The minimum absolute atomic E-state index is 0.118. The fraction of sp³-hybridized carbons (Fsp3) is 0.0833. The van der Waals surface area contributed by atoms with Crippen LogP contribution in [0.2, 0.25) is 0 Å². The van der Waals surface area contributed by atoms with Crippen molar-refractivity contribution in [3.05, 3.63) is 205 Å². The van der Waals surface area contributed by atoms with E-state index in [0.717, 1.165) is 49.8 Å². The highest BCUT2D eigenvalue weighted by atomic mass is 16.3. The Morgan fingerprint density at radius 1 is 0.385 bits per heavy atom. The average Bonchev–Trinajstić information content (AvgIpc) is 4.00. The minimum atomic E-state index is -0.118. The van der Waals surface area contributed by atoms with Crippen molar-refractivity contribution >= 4 is 54.5 Å². The van der Waals surface area contributed by atoms with Crippen molar-refractivity contribution in [3.8, 4) is 62.1 Å². The molecule has 9 aromatic carbocycles. The Kier molecular flexibility index (Phi) is 8.89. The fourth-order valence-corrected chi connectivity index (χ4v) is 10.2. The Balaban J connectivity index is 0.00000219. The molecule has 0 saturated heterocycles. The lowest BCUT2D eigenvalue weighted by Gasteiger charge is -2.22. The molecule has 12 aromatic rings. The maximum absolute atomic E-state index is 6.32. The molecule has 3 heterocycles. The number of para-hydroxylation sites is 2. The van der Waals surface area contributed by atoms with Gasteiger partial charge in [-0.25, -0.2) is 15.0 Å². The molecule has 310 valence electrons. The van der Waals surface area contributed by atoms with Gasteiger partial charge in [-0.2, -0.15) is 0 Å². The largest absolute Gasteiger partial charge is 0.456 e. The quantitative estimate of drug-likeness (QED) is 0.173. The topological polar surface area (TPSA) is 56.7 Å². The normalized spacial score (nSPS) is 12.7. The molecule has 13 rings (SSSR count). The van der Waals surface area contributed by atoms with Gasteiger partial charge in [0.05, 0.1) is 11.0 Å². The molecule has 1 aliphatic rings. The first-order valence-electron chi connectivity index (χ1n) is 22.5. The van der Waals surface area contributed by atoms with Crippen LogP contribution in [0.1, 0.15) is 38.8 Å². The van der Waals surface area contributed by atoms with Gasteiger partial charge in [-0.1, -0.05) is 185 Å². The predicted octanol–water partition coefficient (Wildman–Crippen LogP) is 16.0. The van der Waals surface area contributed by atoms with E-state index < -0.39 is 0 Å². The van der Waals surface area contributed by atoms with Crippen molar-refractivity contribution in [2.45, 2.75) is 33.1 Å². The van der Waals surface area contributed by atoms with Gasteiger partial charge in [-0.3, -0.25) is 0 Å². The number of furan rings is 1. The van der Waals surface area contributed by atoms with Gasteiger partial charge in [0.25, 0.3) is 0 Å². The summed E-state index contributed by atoms with van der Waals surface area (Å²) < 4.78 is 8.78. The molecule has 0 spiro atoms. The number of rotatable bonds is 5. The van der Waals surface area contributed by atoms with Crippen LogP contribution in [0.4, 0.5) is 0 Å². The first kappa shape index (κ1) is 38.5. The molecule has 3 aromatic heterocycles. The molecule has 5 heteroatoms. The standard InChI is InChI=1S/C58H38N4O.C2H6/c1-58(2)49-24-10-8-20-43(49)44-29-27-37(33-50(44)58)42-22-13-23-47-48-31-26-35-14-6-7-19-41(35)53(48)62(54(42)47)40-18-12-17-38(32-40)56-59-55(36-15-4-3-5-16-36)60-57(61-56)39-28-30-46-45-21-9-11-25-51(45)63-52(46)34-39;1-2/h3-34H,1-2H3;1-2H3. The molecule has 1 aliphatic carbocycles. The molecule has 0 aliphatic heterocycles. The van der Waals surface area contributed by atoms with Crippen LogP contribution in [-0.2, 0) is 5.41 Å². The van der Waals surface area contributed by atoms with Crippen molar-refractivity contribution in [3.63, 3.8) is 0 Å². The molecule has 0 amide bonds. The summed E-state index contributed by atoms with van der Waals surface area (Å²) >= 11 is 0. The molecule has 0 saturated carbocycles. The summed E-state index contributed by atoms with van der Waals surface area (Å²) in [7, 11) is 0. The van der Waals surface area contributed by atoms with Gasteiger partial charge >= 0.3 is 0 Å². The molecule has 0 fully saturated rings. The molecule has 65 heavy (non-hydrogen) atoms. The lowest BCUT2D eigenvalue weighted by molar-refractivity contribution is 0.660. The second kappa shape index (κ2) is 15.0. The van der Waals surface area contributed by atoms with Gasteiger partial charge in [0, 0.05) is 60.3 Å². The third-order valence-electron chi connectivity index (χ3n) is 13.2. The van der Waals surface area contributed by atoms with Crippen molar-refractivity contribution in [1.29, 1.82) is 0 Å². The number of aromatic nitrogens is 4. The highest BCUT2D eigenvalue weighted by Crippen LogP contribution is 2.50. The monoisotopic (exact) mass is 836 g/mol. The minimum Gasteiger partial charge on any atom is -0.456 e. The maximum atomic E-state index is 6.32. The highest BCUT2D eigenvalue weighted by Gasteiger charge is 2.35. The van der Waals surface area contributed by atoms with Crippen LogP contribution in [0.3, 0.4) is 0 Å².